The second kappa shape index (κ2) is 5.54. The molecule has 21 heavy (non-hydrogen) atoms. The zero-order valence-electron chi connectivity index (χ0n) is 10.9. The summed E-state index contributed by atoms with van der Waals surface area (Å²) in [6.45, 7) is 0.472. The summed E-state index contributed by atoms with van der Waals surface area (Å²) in [5.74, 6) is 0.0383. The van der Waals surface area contributed by atoms with Crippen LogP contribution in [0.1, 0.15) is 11.6 Å². The predicted octanol–water partition coefficient (Wildman–Crippen LogP) is 4.01. The molecule has 1 aliphatic heterocycles. The fourth-order valence-electron chi connectivity index (χ4n) is 2.42. The van der Waals surface area contributed by atoms with E-state index >= 15 is 0 Å². The molecule has 1 heterocycles. The normalized spacial score (nSPS) is 18.0. The Morgan fingerprint density at radius 3 is 2.52 bits per heavy atom. The lowest BCUT2D eigenvalue weighted by atomic mass is 10.1. The molecule has 0 fully saturated rings. The minimum atomic E-state index is -0.367. The Hall–Kier alpha value is -1.78. The van der Waals surface area contributed by atoms with Gasteiger partial charge in [-0.05, 0) is 42.0 Å². The molecular formula is C15H12Cl2FN3. The number of halogens is 3. The number of benzene rings is 2. The Kier molecular flexibility index (Phi) is 3.74. The lowest BCUT2D eigenvalue weighted by molar-refractivity contribution is 0.625. The van der Waals surface area contributed by atoms with E-state index < -0.39 is 0 Å². The number of rotatable bonds is 2. The molecule has 0 saturated heterocycles. The Morgan fingerprint density at radius 2 is 1.86 bits per heavy atom. The van der Waals surface area contributed by atoms with Crippen molar-refractivity contribution in [3.05, 3.63) is 63.9 Å². The smallest absolute Gasteiger partial charge is 0.196 e. The van der Waals surface area contributed by atoms with Crippen LogP contribution in [-0.4, -0.2) is 12.5 Å². The maximum Gasteiger partial charge on any atom is 0.196 e. The van der Waals surface area contributed by atoms with Crippen LogP contribution in [0, 0.1) is 5.82 Å². The molecule has 0 aromatic heterocycles. The van der Waals surface area contributed by atoms with Crippen molar-refractivity contribution in [3.8, 4) is 0 Å². The van der Waals surface area contributed by atoms with Crippen LogP contribution in [0.5, 0.6) is 0 Å². The molecule has 1 aliphatic rings. The largest absolute Gasteiger partial charge is 0.369 e. The third-order valence-corrected chi connectivity index (χ3v) is 3.99. The first-order valence-electron chi connectivity index (χ1n) is 6.36. The van der Waals surface area contributed by atoms with E-state index in [9.17, 15) is 4.39 Å². The number of nitrogens with zero attached hydrogens (tertiary/aromatic N) is 2. The second-order valence-corrected chi connectivity index (χ2v) is 5.57. The molecule has 1 atom stereocenters. The Labute approximate surface area is 131 Å². The summed E-state index contributed by atoms with van der Waals surface area (Å²) < 4.78 is 13.2. The molecule has 2 N–H and O–H groups in total. The van der Waals surface area contributed by atoms with Crippen LogP contribution in [0.25, 0.3) is 0 Å². The van der Waals surface area contributed by atoms with Gasteiger partial charge in [0.15, 0.2) is 5.96 Å². The predicted molar refractivity (Wildman–Crippen MR) is 84.6 cm³/mol. The minimum Gasteiger partial charge on any atom is -0.369 e. The van der Waals surface area contributed by atoms with Gasteiger partial charge in [0.05, 0.1) is 12.6 Å². The molecule has 2 aromatic rings. The van der Waals surface area contributed by atoms with Gasteiger partial charge in [0, 0.05) is 15.7 Å². The third kappa shape index (κ3) is 2.69. The highest BCUT2D eigenvalue weighted by Gasteiger charge is 2.30. The summed E-state index contributed by atoms with van der Waals surface area (Å²) in [5, 5.41) is 1.01. The number of aliphatic imine (C=N–C) groups is 1. The number of nitrogens with two attached hydrogens (primary N) is 1. The van der Waals surface area contributed by atoms with Gasteiger partial charge in [-0.2, -0.15) is 0 Å². The molecule has 0 amide bonds. The van der Waals surface area contributed by atoms with Crippen LogP contribution in [0.4, 0.5) is 10.1 Å². The number of guanidine groups is 1. The fourth-order valence-corrected chi connectivity index (χ4v) is 2.84. The van der Waals surface area contributed by atoms with E-state index in [2.05, 4.69) is 4.99 Å². The van der Waals surface area contributed by atoms with Gasteiger partial charge in [-0.25, -0.2) is 4.39 Å². The number of hydrogen-bond donors (Lipinski definition) is 1. The van der Waals surface area contributed by atoms with Crippen molar-refractivity contribution in [1.29, 1.82) is 0 Å². The SMILES string of the molecule is NC1=NCC(c2ccc(F)cc2Cl)N1c1ccc(Cl)cc1. The van der Waals surface area contributed by atoms with E-state index in [1.165, 1.54) is 12.1 Å². The molecule has 0 saturated carbocycles. The lowest BCUT2D eigenvalue weighted by Crippen LogP contribution is -2.36. The van der Waals surface area contributed by atoms with Gasteiger partial charge in [-0.15, -0.1) is 0 Å². The molecule has 3 rings (SSSR count). The molecule has 0 spiro atoms. The van der Waals surface area contributed by atoms with Gasteiger partial charge in [0.2, 0.25) is 0 Å². The zero-order valence-corrected chi connectivity index (χ0v) is 12.4. The van der Waals surface area contributed by atoms with Gasteiger partial charge < -0.3 is 10.6 Å². The van der Waals surface area contributed by atoms with Crippen LogP contribution in [0.2, 0.25) is 10.0 Å². The highest BCUT2D eigenvalue weighted by atomic mass is 35.5. The van der Waals surface area contributed by atoms with Crippen LogP contribution in [0.3, 0.4) is 0 Å². The van der Waals surface area contributed by atoms with Crippen molar-refractivity contribution in [2.45, 2.75) is 6.04 Å². The number of hydrogen-bond acceptors (Lipinski definition) is 3. The summed E-state index contributed by atoms with van der Waals surface area (Å²) in [6, 6.07) is 11.5. The highest BCUT2D eigenvalue weighted by Crippen LogP contribution is 2.35. The van der Waals surface area contributed by atoms with Gasteiger partial charge >= 0.3 is 0 Å². The average Bonchev–Trinajstić information content (AvgIpc) is 2.82. The molecule has 6 heteroatoms. The second-order valence-electron chi connectivity index (χ2n) is 4.73. The van der Waals surface area contributed by atoms with E-state index in [1.54, 1.807) is 18.2 Å². The minimum absolute atomic E-state index is 0.153. The van der Waals surface area contributed by atoms with Crippen molar-refractivity contribution in [2.75, 3.05) is 11.4 Å². The fraction of sp³-hybridized carbons (Fsp3) is 0.133. The number of anilines is 1. The van der Waals surface area contributed by atoms with Crippen molar-refractivity contribution in [2.24, 2.45) is 10.7 Å². The topological polar surface area (TPSA) is 41.6 Å². The summed E-state index contributed by atoms with van der Waals surface area (Å²) in [4.78, 5) is 6.14. The highest BCUT2D eigenvalue weighted by molar-refractivity contribution is 6.31. The quantitative estimate of drug-likeness (QED) is 0.907. The first-order chi connectivity index (χ1) is 10.1. The van der Waals surface area contributed by atoms with E-state index in [1.807, 2.05) is 17.0 Å². The summed E-state index contributed by atoms with van der Waals surface area (Å²) >= 11 is 12.1. The van der Waals surface area contributed by atoms with Crippen LogP contribution < -0.4 is 10.6 Å². The zero-order chi connectivity index (χ0) is 15.0. The monoisotopic (exact) mass is 323 g/mol. The molecule has 1 unspecified atom stereocenters. The molecular weight excluding hydrogens is 312 g/mol. The van der Waals surface area contributed by atoms with E-state index in [0.29, 0.717) is 22.5 Å². The average molecular weight is 324 g/mol. The Balaban J connectivity index is 2.00. The lowest BCUT2D eigenvalue weighted by Gasteiger charge is -2.27. The van der Waals surface area contributed by atoms with E-state index in [-0.39, 0.29) is 11.9 Å². The van der Waals surface area contributed by atoms with Gasteiger partial charge in [-0.3, -0.25) is 4.99 Å². The van der Waals surface area contributed by atoms with Crippen LogP contribution in [-0.2, 0) is 0 Å². The first-order valence-corrected chi connectivity index (χ1v) is 7.11. The first kappa shape index (κ1) is 14.2. The standard InChI is InChI=1S/C15H12Cl2FN3/c16-9-1-4-11(5-2-9)21-14(8-20-15(21)19)12-6-3-10(18)7-13(12)17/h1-7,14H,8H2,(H2,19,20). The van der Waals surface area contributed by atoms with Crippen molar-refractivity contribution < 1.29 is 4.39 Å². The van der Waals surface area contributed by atoms with E-state index in [4.69, 9.17) is 28.9 Å². The van der Waals surface area contributed by atoms with Crippen molar-refractivity contribution in [3.63, 3.8) is 0 Å². The van der Waals surface area contributed by atoms with Gasteiger partial charge in [-0.1, -0.05) is 29.3 Å². The maximum absolute atomic E-state index is 13.2. The third-order valence-electron chi connectivity index (χ3n) is 3.41. The molecule has 0 aliphatic carbocycles. The summed E-state index contributed by atoms with van der Waals surface area (Å²) in [5.41, 5.74) is 7.64. The molecule has 108 valence electrons. The summed E-state index contributed by atoms with van der Waals surface area (Å²) in [7, 11) is 0. The van der Waals surface area contributed by atoms with Gasteiger partial charge in [0.25, 0.3) is 0 Å². The van der Waals surface area contributed by atoms with E-state index in [0.717, 1.165) is 11.3 Å². The molecule has 0 radical (unpaired) electrons. The van der Waals surface area contributed by atoms with Crippen LogP contribution in [0.15, 0.2) is 47.5 Å². The Bertz CT molecular complexity index is 701. The molecule has 2 aromatic carbocycles. The Morgan fingerprint density at radius 1 is 1.14 bits per heavy atom. The van der Waals surface area contributed by atoms with Crippen LogP contribution >= 0.6 is 23.2 Å². The van der Waals surface area contributed by atoms with Crippen molar-refractivity contribution >= 4 is 34.8 Å². The molecule has 3 nitrogen and oxygen atoms in total. The van der Waals surface area contributed by atoms with Gasteiger partial charge in [0.1, 0.15) is 5.82 Å². The molecule has 0 bridgehead atoms. The van der Waals surface area contributed by atoms with Crippen molar-refractivity contribution in [1.82, 2.24) is 0 Å². The maximum atomic E-state index is 13.2. The summed E-state index contributed by atoms with van der Waals surface area (Å²) in [6.07, 6.45) is 0.